The first kappa shape index (κ1) is 13.5. The van der Waals surface area contributed by atoms with E-state index in [1.54, 1.807) is 19.1 Å². The molecule has 5 nitrogen and oxygen atoms in total. The molecule has 0 N–H and O–H groups in total. The molecule has 0 spiro atoms. The quantitative estimate of drug-likeness (QED) is 0.620. The van der Waals surface area contributed by atoms with Gasteiger partial charge in [0.25, 0.3) is 0 Å². The van der Waals surface area contributed by atoms with Gasteiger partial charge in [0.15, 0.2) is 5.82 Å². The summed E-state index contributed by atoms with van der Waals surface area (Å²) >= 11 is 1.42. The van der Waals surface area contributed by atoms with Crippen molar-refractivity contribution in [3.05, 3.63) is 41.8 Å². The number of carbonyl (C=O) groups is 1. The molecule has 0 aliphatic heterocycles. The summed E-state index contributed by atoms with van der Waals surface area (Å²) in [6, 6.07) is 6.07. The molecule has 0 aliphatic rings. The van der Waals surface area contributed by atoms with Crippen molar-refractivity contribution in [1.82, 2.24) is 10.1 Å². The summed E-state index contributed by atoms with van der Waals surface area (Å²) in [6.45, 7) is 1.94. The Labute approximate surface area is 113 Å². The summed E-state index contributed by atoms with van der Waals surface area (Å²) in [4.78, 5) is 16.1. The van der Waals surface area contributed by atoms with Crippen LogP contribution >= 0.6 is 11.8 Å². The molecule has 1 aromatic carbocycles. The Morgan fingerprint density at radius 1 is 1.42 bits per heavy atom. The predicted molar refractivity (Wildman–Crippen MR) is 66.2 cm³/mol. The molecular formula is C12H11FN2O3S. The minimum absolute atomic E-state index is 0.156. The molecule has 100 valence electrons. The van der Waals surface area contributed by atoms with Crippen molar-refractivity contribution in [1.29, 1.82) is 0 Å². The number of esters is 1. The molecule has 0 aliphatic carbocycles. The monoisotopic (exact) mass is 282 g/mol. The lowest BCUT2D eigenvalue weighted by Gasteiger charge is -1.97. The number of nitrogens with zero attached hydrogens (tertiary/aromatic N) is 2. The Balaban J connectivity index is 1.93. The summed E-state index contributed by atoms with van der Waals surface area (Å²) < 4.78 is 22.2. The van der Waals surface area contributed by atoms with Gasteiger partial charge < -0.3 is 9.26 Å². The Kier molecular flexibility index (Phi) is 4.51. The third-order valence-electron chi connectivity index (χ3n) is 2.10. The molecule has 2 rings (SSSR count). The summed E-state index contributed by atoms with van der Waals surface area (Å²) in [7, 11) is 0. The van der Waals surface area contributed by atoms with Gasteiger partial charge in [0.2, 0.25) is 0 Å². The Morgan fingerprint density at radius 2 is 2.16 bits per heavy atom. The van der Waals surface area contributed by atoms with Gasteiger partial charge >= 0.3 is 11.9 Å². The molecule has 0 saturated heterocycles. The van der Waals surface area contributed by atoms with Crippen molar-refractivity contribution in [2.75, 3.05) is 6.61 Å². The van der Waals surface area contributed by atoms with Gasteiger partial charge in [-0.1, -0.05) is 5.16 Å². The van der Waals surface area contributed by atoms with E-state index in [4.69, 9.17) is 9.26 Å². The van der Waals surface area contributed by atoms with Crippen LogP contribution in [0.4, 0.5) is 4.39 Å². The number of hydrogen-bond donors (Lipinski definition) is 0. The molecule has 0 bridgehead atoms. The van der Waals surface area contributed by atoms with Gasteiger partial charge in [-0.15, -0.1) is 11.8 Å². The Bertz CT molecular complexity index is 556. The smallest absolute Gasteiger partial charge is 0.397 e. The zero-order valence-corrected chi connectivity index (χ0v) is 10.9. The summed E-state index contributed by atoms with van der Waals surface area (Å²) in [5.41, 5.74) is 0. The van der Waals surface area contributed by atoms with E-state index in [0.29, 0.717) is 11.6 Å². The fourth-order valence-corrected chi connectivity index (χ4v) is 2.01. The van der Waals surface area contributed by atoms with Crippen molar-refractivity contribution < 1.29 is 18.4 Å². The van der Waals surface area contributed by atoms with Crippen LogP contribution < -0.4 is 0 Å². The first-order valence-electron chi connectivity index (χ1n) is 5.57. The number of rotatable bonds is 5. The molecule has 2 aromatic rings. The molecule has 0 fully saturated rings. The van der Waals surface area contributed by atoms with Crippen molar-refractivity contribution in [2.45, 2.75) is 17.6 Å². The van der Waals surface area contributed by atoms with Gasteiger partial charge in [-0.2, -0.15) is 4.98 Å². The number of halogens is 1. The second kappa shape index (κ2) is 6.33. The standard InChI is InChI=1S/C12H11FN2O3S/c1-2-17-12(16)11-14-10(15-18-11)7-19-9-5-3-8(13)4-6-9/h3-6H,2,7H2,1H3. The molecular weight excluding hydrogens is 271 g/mol. The van der Waals surface area contributed by atoms with E-state index >= 15 is 0 Å². The van der Waals surface area contributed by atoms with E-state index in [9.17, 15) is 9.18 Å². The first-order chi connectivity index (χ1) is 9.19. The van der Waals surface area contributed by atoms with Crippen molar-refractivity contribution >= 4 is 17.7 Å². The molecule has 0 amide bonds. The van der Waals surface area contributed by atoms with E-state index < -0.39 is 5.97 Å². The SMILES string of the molecule is CCOC(=O)c1nc(CSc2ccc(F)cc2)no1. The van der Waals surface area contributed by atoms with Gasteiger partial charge in [-0.3, -0.25) is 0 Å². The molecule has 0 radical (unpaired) electrons. The van der Waals surface area contributed by atoms with Crippen molar-refractivity contribution in [3.8, 4) is 0 Å². The zero-order chi connectivity index (χ0) is 13.7. The Hall–Kier alpha value is -1.89. The fraction of sp³-hybridized carbons (Fsp3) is 0.250. The summed E-state index contributed by atoms with van der Waals surface area (Å²) in [6.07, 6.45) is 0. The van der Waals surface area contributed by atoms with Crippen LogP contribution in [0.3, 0.4) is 0 Å². The minimum Gasteiger partial charge on any atom is -0.459 e. The van der Waals surface area contributed by atoms with Gasteiger partial charge in [-0.05, 0) is 31.2 Å². The van der Waals surface area contributed by atoms with E-state index in [2.05, 4.69) is 10.1 Å². The molecule has 0 atom stereocenters. The molecule has 1 heterocycles. The summed E-state index contributed by atoms with van der Waals surface area (Å²) in [5.74, 6) is -0.260. The van der Waals surface area contributed by atoms with E-state index in [-0.39, 0.29) is 18.3 Å². The van der Waals surface area contributed by atoms with Crippen molar-refractivity contribution in [3.63, 3.8) is 0 Å². The van der Waals surface area contributed by atoms with Gasteiger partial charge in [0, 0.05) is 4.90 Å². The molecule has 19 heavy (non-hydrogen) atoms. The molecule has 1 aromatic heterocycles. The van der Waals surface area contributed by atoms with Gasteiger partial charge in [0.05, 0.1) is 12.4 Å². The number of aromatic nitrogens is 2. The van der Waals surface area contributed by atoms with Crippen LogP contribution in [0.25, 0.3) is 0 Å². The number of benzene rings is 1. The highest BCUT2D eigenvalue weighted by Gasteiger charge is 2.16. The fourth-order valence-electron chi connectivity index (χ4n) is 1.27. The number of thioether (sulfide) groups is 1. The maximum absolute atomic E-state index is 12.7. The Morgan fingerprint density at radius 3 is 2.84 bits per heavy atom. The minimum atomic E-state index is -0.631. The first-order valence-corrected chi connectivity index (χ1v) is 6.55. The van der Waals surface area contributed by atoms with Crippen LogP contribution in [0.2, 0.25) is 0 Å². The predicted octanol–water partition coefficient (Wildman–Crippen LogP) is 2.68. The van der Waals surface area contributed by atoms with Gasteiger partial charge in [-0.25, -0.2) is 9.18 Å². The number of hydrogen-bond acceptors (Lipinski definition) is 6. The second-order valence-corrected chi connectivity index (χ2v) is 4.53. The maximum atomic E-state index is 12.7. The molecule has 7 heteroatoms. The molecule has 0 saturated carbocycles. The normalized spacial score (nSPS) is 10.4. The topological polar surface area (TPSA) is 65.2 Å². The highest BCUT2D eigenvalue weighted by atomic mass is 32.2. The van der Waals surface area contributed by atoms with Gasteiger partial charge in [0.1, 0.15) is 5.82 Å². The highest BCUT2D eigenvalue weighted by Crippen LogP contribution is 2.21. The average molecular weight is 282 g/mol. The maximum Gasteiger partial charge on any atom is 0.397 e. The lowest BCUT2D eigenvalue weighted by atomic mass is 10.4. The third kappa shape index (κ3) is 3.78. The lowest BCUT2D eigenvalue weighted by Crippen LogP contribution is -2.04. The van der Waals surface area contributed by atoms with Crippen LogP contribution in [-0.4, -0.2) is 22.7 Å². The molecule has 0 unspecified atom stereocenters. The second-order valence-electron chi connectivity index (χ2n) is 3.48. The highest BCUT2D eigenvalue weighted by molar-refractivity contribution is 7.98. The zero-order valence-electron chi connectivity index (χ0n) is 10.1. The van der Waals surface area contributed by atoms with Crippen LogP contribution in [-0.2, 0) is 10.5 Å². The van der Waals surface area contributed by atoms with Crippen LogP contribution in [0.1, 0.15) is 23.4 Å². The van der Waals surface area contributed by atoms with Crippen LogP contribution in [0.5, 0.6) is 0 Å². The average Bonchev–Trinajstić information content (AvgIpc) is 2.87. The lowest BCUT2D eigenvalue weighted by molar-refractivity contribution is 0.0470. The van der Waals surface area contributed by atoms with Crippen LogP contribution in [0, 0.1) is 5.82 Å². The van der Waals surface area contributed by atoms with E-state index in [0.717, 1.165) is 4.90 Å². The number of carbonyl (C=O) groups excluding carboxylic acids is 1. The largest absolute Gasteiger partial charge is 0.459 e. The number of ether oxygens (including phenoxy) is 1. The third-order valence-corrected chi connectivity index (χ3v) is 3.11. The van der Waals surface area contributed by atoms with Crippen LogP contribution in [0.15, 0.2) is 33.7 Å². The summed E-state index contributed by atoms with van der Waals surface area (Å²) in [5, 5.41) is 3.67. The van der Waals surface area contributed by atoms with Crippen molar-refractivity contribution in [2.24, 2.45) is 0 Å². The van der Waals surface area contributed by atoms with E-state index in [1.807, 2.05) is 0 Å². The van der Waals surface area contributed by atoms with E-state index in [1.165, 1.54) is 23.9 Å².